The van der Waals surface area contributed by atoms with Gasteiger partial charge in [-0.1, -0.05) is 17.7 Å². The first-order valence-electron chi connectivity index (χ1n) is 7.07. The number of hydrogen-bond acceptors (Lipinski definition) is 4. The lowest BCUT2D eigenvalue weighted by Gasteiger charge is -2.11. The van der Waals surface area contributed by atoms with E-state index in [1.165, 1.54) is 6.33 Å². The maximum atomic E-state index is 12.3. The van der Waals surface area contributed by atoms with Gasteiger partial charge < -0.3 is 5.32 Å². The predicted molar refractivity (Wildman–Crippen MR) is 83.8 cm³/mol. The van der Waals surface area contributed by atoms with Gasteiger partial charge in [-0.25, -0.2) is 9.50 Å². The molecule has 0 aliphatic heterocycles. The van der Waals surface area contributed by atoms with E-state index in [1.807, 2.05) is 45.0 Å². The SMILES string of the molecule is Cc1ccc(NC(=O)Cc2c(C)nc3ncnn3c2C)cc1. The fraction of sp³-hybridized carbons (Fsp3) is 0.250. The van der Waals surface area contributed by atoms with Crippen LogP contribution >= 0.6 is 0 Å². The zero-order valence-corrected chi connectivity index (χ0v) is 12.8. The first-order chi connectivity index (χ1) is 10.5. The van der Waals surface area contributed by atoms with Crippen molar-refractivity contribution in [2.24, 2.45) is 0 Å². The van der Waals surface area contributed by atoms with Crippen molar-refractivity contribution in [2.45, 2.75) is 27.2 Å². The molecule has 2 heterocycles. The highest BCUT2D eigenvalue weighted by Gasteiger charge is 2.14. The van der Waals surface area contributed by atoms with Crippen molar-refractivity contribution in [3.63, 3.8) is 0 Å². The molecule has 3 aromatic rings. The molecule has 0 aliphatic rings. The molecular formula is C16H17N5O. The molecule has 2 aromatic heterocycles. The van der Waals surface area contributed by atoms with Crippen LogP contribution in [-0.2, 0) is 11.2 Å². The summed E-state index contributed by atoms with van der Waals surface area (Å²) in [4.78, 5) is 20.7. The maximum Gasteiger partial charge on any atom is 0.252 e. The largest absolute Gasteiger partial charge is 0.326 e. The van der Waals surface area contributed by atoms with Gasteiger partial charge in [-0.2, -0.15) is 10.1 Å². The lowest BCUT2D eigenvalue weighted by Crippen LogP contribution is -2.17. The molecule has 0 fully saturated rings. The number of fused-ring (bicyclic) bond motifs is 1. The predicted octanol–water partition coefficient (Wildman–Crippen LogP) is 2.23. The van der Waals surface area contributed by atoms with Gasteiger partial charge in [-0.05, 0) is 32.9 Å². The summed E-state index contributed by atoms with van der Waals surface area (Å²) in [6.07, 6.45) is 1.72. The molecule has 1 amide bonds. The molecule has 1 aromatic carbocycles. The van der Waals surface area contributed by atoms with Crippen LogP contribution in [0, 0.1) is 20.8 Å². The molecule has 6 heteroatoms. The molecular weight excluding hydrogens is 278 g/mol. The maximum absolute atomic E-state index is 12.3. The Hall–Kier alpha value is -2.76. The monoisotopic (exact) mass is 295 g/mol. The van der Waals surface area contributed by atoms with Gasteiger partial charge in [-0.3, -0.25) is 4.79 Å². The van der Waals surface area contributed by atoms with E-state index >= 15 is 0 Å². The van der Waals surface area contributed by atoms with Crippen molar-refractivity contribution < 1.29 is 4.79 Å². The summed E-state index contributed by atoms with van der Waals surface area (Å²) in [5, 5.41) is 7.03. The van der Waals surface area contributed by atoms with E-state index in [4.69, 9.17) is 0 Å². The zero-order chi connectivity index (χ0) is 15.7. The van der Waals surface area contributed by atoms with Crippen LogP contribution in [0.5, 0.6) is 0 Å². The average Bonchev–Trinajstić information content (AvgIpc) is 2.94. The molecule has 0 saturated heterocycles. The number of hydrogen-bond donors (Lipinski definition) is 1. The van der Waals surface area contributed by atoms with Crippen molar-refractivity contribution in [1.29, 1.82) is 0 Å². The van der Waals surface area contributed by atoms with Gasteiger partial charge in [0.1, 0.15) is 6.33 Å². The number of benzene rings is 1. The number of amides is 1. The average molecular weight is 295 g/mol. The molecule has 0 aliphatic carbocycles. The van der Waals surface area contributed by atoms with Crippen LogP contribution in [0.1, 0.15) is 22.5 Å². The van der Waals surface area contributed by atoms with Crippen molar-refractivity contribution >= 4 is 17.4 Å². The number of nitrogens with one attached hydrogen (secondary N) is 1. The quantitative estimate of drug-likeness (QED) is 0.804. The van der Waals surface area contributed by atoms with Crippen LogP contribution in [0.2, 0.25) is 0 Å². The molecule has 0 atom stereocenters. The van der Waals surface area contributed by atoms with Crippen LogP contribution in [0.15, 0.2) is 30.6 Å². The Balaban J connectivity index is 1.83. The topological polar surface area (TPSA) is 72.2 Å². The van der Waals surface area contributed by atoms with E-state index in [1.54, 1.807) is 4.52 Å². The molecule has 6 nitrogen and oxygen atoms in total. The first-order valence-corrected chi connectivity index (χ1v) is 7.07. The highest BCUT2D eigenvalue weighted by atomic mass is 16.1. The smallest absolute Gasteiger partial charge is 0.252 e. The van der Waals surface area contributed by atoms with E-state index in [0.717, 1.165) is 28.2 Å². The lowest BCUT2D eigenvalue weighted by molar-refractivity contribution is -0.115. The molecule has 0 spiro atoms. The number of carbonyl (C=O) groups is 1. The van der Waals surface area contributed by atoms with Gasteiger partial charge in [0.15, 0.2) is 0 Å². The summed E-state index contributed by atoms with van der Waals surface area (Å²) in [5.74, 6) is 0.481. The van der Waals surface area contributed by atoms with E-state index in [9.17, 15) is 4.79 Å². The van der Waals surface area contributed by atoms with E-state index in [-0.39, 0.29) is 12.3 Å². The van der Waals surface area contributed by atoms with Crippen molar-refractivity contribution in [2.75, 3.05) is 5.32 Å². The van der Waals surface area contributed by atoms with E-state index < -0.39 is 0 Å². The minimum Gasteiger partial charge on any atom is -0.326 e. The van der Waals surface area contributed by atoms with Gasteiger partial charge >= 0.3 is 0 Å². The normalized spacial score (nSPS) is 10.9. The van der Waals surface area contributed by atoms with E-state index in [2.05, 4.69) is 20.4 Å². The van der Waals surface area contributed by atoms with Gasteiger partial charge in [0.25, 0.3) is 5.78 Å². The Kier molecular flexibility index (Phi) is 3.58. The summed E-state index contributed by atoms with van der Waals surface area (Å²) in [6.45, 7) is 5.82. The first kappa shape index (κ1) is 14.2. The number of aryl methyl sites for hydroxylation is 3. The third-order valence-corrected chi connectivity index (χ3v) is 3.66. The minimum absolute atomic E-state index is 0.0729. The standard InChI is InChI=1S/C16H17N5O/c1-10-4-6-13(7-5-10)20-15(22)8-14-11(2)19-16-17-9-18-21(16)12(14)3/h4-7,9H,8H2,1-3H3,(H,20,22). The Morgan fingerprint density at radius 1 is 1.18 bits per heavy atom. The summed E-state index contributed by atoms with van der Waals surface area (Å²) in [5.41, 5.74) is 4.52. The van der Waals surface area contributed by atoms with Gasteiger partial charge in [-0.15, -0.1) is 0 Å². The van der Waals surface area contributed by atoms with Crippen LogP contribution in [-0.4, -0.2) is 25.5 Å². The van der Waals surface area contributed by atoms with Gasteiger partial charge in [0.2, 0.25) is 5.91 Å². The van der Waals surface area contributed by atoms with Crippen molar-refractivity contribution in [3.05, 3.63) is 53.1 Å². The van der Waals surface area contributed by atoms with Gasteiger partial charge in [0.05, 0.1) is 6.42 Å². The summed E-state index contributed by atoms with van der Waals surface area (Å²) >= 11 is 0. The Labute approximate surface area is 128 Å². The summed E-state index contributed by atoms with van der Waals surface area (Å²) in [6, 6.07) is 7.72. The zero-order valence-electron chi connectivity index (χ0n) is 12.8. The molecule has 1 N–H and O–H groups in total. The molecule has 0 unspecified atom stereocenters. The Morgan fingerprint density at radius 3 is 2.64 bits per heavy atom. The second kappa shape index (κ2) is 5.55. The minimum atomic E-state index is -0.0729. The van der Waals surface area contributed by atoms with Crippen LogP contribution in [0.3, 0.4) is 0 Å². The Bertz CT molecular complexity index is 836. The van der Waals surface area contributed by atoms with Crippen molar-refractivity contribution in [3.8, 4) is 0 Å². The second-order valence-electron chi connectivity index (χ2n) is 5.32. The second-order valence-corrected chi connectivity index (χ2v) is 5.32. The molecule has 3 rings (SSSR count). The molecule has 0 radical (unpaired) electrons. The third kappa shape index (κ3) is 2.67. The highest BCUT2D eigenvalue weighted by Crippen LogP contribution is 2.15. The number of aromatic nitrogens is 4. The van der Waals surface area contributed by atoms with Crippen molar-refractivity contribution in [1.82, 2.24) is 19.6 Å². The molecule has 22 heavy (non-hydrogen) atoms. The van der Waals surface area contributed by atoms with E-state index in [0.29, 0.717) is 5.78 Å². The molecule has 0 saturated carbocycles. The number of carbonyl (C=O) groups excluding carboxylic acids is 1. The third-order valence-electron chi connectivity index (χ3n) is 3.66. The van der Waals surface area contributed by atoms with Crippen LogP contribution in [0.4, 0.5) is 5.69 Å². The molecule has 112 valence electrons. The highest BCUT2D eigenvalue weighted by molar-refractivity contribution is 5.92. The summed E-state index contributed by atoms with van der Waals surface area (Å²) < 4.78 is 1.65. The summed E-state index contributed by atoms with van der Waals surface area (Å²) in [7, 11) is 0. The van der Waals surface area contributed by atoms with Gasteiger partial charge in [0, 0.05) is 22.6 Å². The number of rotatable bonds is 3. The molecule has 0 bridgehead atoms. The van der Waals surface area contributed by atoms with Crippen LogP contribution < -0.4 is 5.32 Å². The number of nitrogens with zero attached hydrogens (tertiary/aromatic N) is 4. The Morgan fingerprint density at radius 2 is 1.91 bits per heavy atom. The fourth-order valence-corrected chi connectivity index (χ4v) is 2.41. The van der Waals surface area contributed by atoms with Crippen LogP contribution in [0.25, 0.3) is 5.78 Å². The number of anilines is 1. The lowest BCUT2D eigenvalue weighted by atomic mass is 10.1. The fourth-order valence-electron chi connectivity index (χ4n) is 2.41.